The average molecular weight is 409 g/mol. The lowest BCUT2D eigenvalue weighted by atomic mass is 9.94. The molecule has 1 N–H and O–H groups in total. The molecular weight excluding hydrogens is 392 g/mol. The van der Waals surface area contributed by atoms with Crippen molar-refractivity contribution in [3.8, 4) is 0 Å². The van der Waals surface area contributed by atoms with E-state index in [-0.39, 0.29) is 23.2 Å². The molecule has 152 valence electrons. The number of aliphatic hydroxyl groups excluding tert-OH is 1. The van der Waals surface area contributed by atoms with Crippen molar-refractivity contribution >= 4 is 17.4 Å². The maximum absolute atomic E-state index is 14.7. The molecule has 3 aromatic rings. The molecule has 0 saturated carbocycles. The lowest BCUT2D eigenvalue weighted by Crippen LogP contribution is -2.29. The minimum Gasteiger partial charge on any atom is -0.507 e. The van der Waals surface area contributed by atoms with E-state index in [0.29, 0.717) is 11.3 Å². The minimum atomic E-state index is -1.19. The number of furan rings is 1. The highest BCUT2D eigenvalue weighted by atomic mass is 19.1. The molecule has 2 aromatic carbocycles. The van der Waals surface area contributed by atoms with Crippen LogP contribution in [0.3, 0.4) is 0 Å². The van der Waals surface area contributed by atoms with Crippen molar-refractivity contribution in [3.63, 3.8) is 0 Å². The Bertz CT molecular complexity index is 1170. The van der Waals surface area contributed by atoms with Crippen LogP contribution in [0.5, 0.6) is 0 Å². The van der Waals surface area contributed by atoms with E-state index in [2.05, 4.69) is 0 Å². The van der Waals surface area contributed by atoms with Crippen LogP contribution >= 0.6 is 0 Å². The molecule has 1 saturated heterocycles. The molecule has 1 amide bonds. The number of rotatable bonds is 4. The van der Waals surface area contributed by atoms with Crippen molar-refractivity contribution < 1.29 is 27.9 Å². The SMILES string of the molecule is Cc1ccc(/C(O)=C2/C(=O)C(=O)N(Cc3ccco3)C2c2ccccc2F)cc1F. The molecule has 1 aliphatic rings. The number of hydrogen-bond donors (Lipinski definition) is 1. The first-order valence-electron chi connectivity index (χ1n) is 9.20. The highest BCUT2D eigenvalue weighted by molar-refractivity contribution is 6.46. The van der Waals surface area contributed by atoms with Crippen molar-refractivity contribution in [1.82, 2.24) is 4.90 Å². The Morgan fingerprint density at radius 2 is 1.83 bits per heavy atom. The van der Waals surface area contributed by atoms with Crippen LogP contribution in [0.1, 0.15) is 28.5 Å². The summed E-state index contributed by atoms with van der Waals surface area (Å²) in [4.78, 5) is 26.8. The Morgan fingerprint density at radius 1 is 1.07 bits per heavy atom. The normalized spacial score (nSPS) is 18.2. The van der Waals surface area contributed by atoms with Crippen LogP contribution < -0.4 is 0 Å². The number of halogens is 2. The van der Waals surface area contributed by atoms with E-state index in [1.807, 2.05) is 0 Å². The molecule has 7 heteroatoms. The Kier molecular flexibility index (Phi) is 4.95. The van der Waals surface area contributed by atoms with Gasteiger partial charge in [0.15, 0.2) is 0 Å². The molecule has 0 bridgehead atoms. The lowest BCUT2D eigenvalue weighted by Gasteiger charge is -2.24. The largest absolute Gasteiger partial charge is 0.507 e. The van der Waals surface area contributed by atoms with Crippen molar-refractivity contribution in [1.29, 1.82) is 0 Å². The molecule has 1 unspecified atom stereocenters. The number of carbonyl (C=O) groups excluding carboxylic acids is 2. The van der Waals surface area contributed by atoms with Crippen LogP contribution in [-0.4, -0.2) is 21.7 Å². The van der Waals surface area contributed by atoms with Crippen LogP contribution in [0.2, 0.25) is 0 Å². The van der Waals surface area contributed by atoms with Crippen LogP contribution in [0.25, 0.3) is 5.76 Å². The molecule has 0 spiro atoms. The van der Waals surface area contributed by atoms with Crippen LogP contribution in [0.4, 0.5) is 8.78 Å². The fourth-order valence-corrected chi connectivity index (χ4v) is 3.53. The van der Waals surface area contributed by atoms with Gasteiger partial charge in [0.05, 0.1) is 24.4 Å². The Morgan fingerprint density at radius 3 is 2.50 bits per heavy atom. The Hall–Kier alpha value is -3.74. The van der Waals surface area contributed by atoms with E-state index >= 15 is 0 Å². The summed E-state index contributed by atoms with van der Waals surface area (Å²) >= 11 is 0. The second-order valence-corrected chi connectivity index (χ2v) is 6.99. The fourth-order valence-electron chi connectivity index (χ4n) is 3.53. The van der Waals surface area contributed by atoms with Gasteiger partial charge in [0.2, 0.25) is 0 Å². The topological polar surface area (TPSA) is 70.8 Å². The van der Waals surface area contributed by atoms with E-state index in [1.165, 1.54) is 36.6 Å². The first-order valence-corrected chi connectivity index (χ1v) is 9.20. The number of aryl methyl sites for hydroxylation is 1. The van der Waals surface area contributed by atoms with Gasteiger partial charge in [0, 0.05) is 11.1 Å². The number of ketones is 1. The van der Waals surface area contributed by atoms with Crippen molar-refractivity contribution in [2.75, 3.05) is 0 Å². The number of amides is 1. The summed E-state index contributed by atoms with van der Waals surface area (Å²) in [5, 5.41) is 10.9. The zero-order chi connectivity index (χ0) is 21.4. The fraction of sp³-hybridized carbons (Fsp3) is 0.130. The summed E-state index contributed by atoms with van der Waals surface area (Å²) in [6.45, 7) is 1.45. The number of aliphatic hydroxyl groups is 1. The first kappa shape index (κ1) is 19.6. The van der Waals surface area contributed by atoms with Gasteiger partial charge in [-0.3, -0.25) is 9.59 Å². The standard InChI is InChI=1S/C23H17F2NO4/c1-13-8-9-14(11-18(13)25)21(27)19-20(16-6-2-3-7-17(16)24)26(23(29)22(19)28)12-15-5-4-10-30-15/h2-11,20,27H,12H2,1H3/b21-19-. The van der Waals surface area contributed by atoms with E-state index in [4.69, 9.17) is 4.42 Å². The number of Topliss-reactive ketones (excluding diaryl/α,β-unsaturated/α-hetero) is 1. The predicted molar refractivity (Wildman–Crippen MR) is 104 cm³/mol. The van der Waals surface area contributed by atoms with Gasteiger partial charge in [0.25, 0.3) is 11.7 Å². The summed E-state index contributed by atoms with van der Waals surface area (Å²) < 4.78 is 34.0. The summed E-state index contributed by atoms with van der Waals surface area (Å²) in [5.74, 6) is -3.29. The van der Waals surface area contributed by atoms with Gasteiger partial charge in [0.1, 0.15) is 23.2 Å². The minimum absolute atomic E-state index is 0.0236. The molecule has 2 heterocycles. The monoisotopic (exact) mass is 409 g/mol. The third-order valence-electron chi connectivity index (χ3n) is 5.09. The summed E-state index contributed by atoms with van der Waals surface area (Å²) in [5.41, 5.74) is 0.114. The lowest BCUT2D eigenvalue weighted by molar-refractivity contribution is -0.140. The van der Waals surface area contributed by atoms with Gasteiger partial charge in [-0.05, 0) is 36.8 Å². The molecule has 1 aromatic heterocycles. The van der Waals surface area contributed by atoms with Gasteiger partial charge < -0.3 is 14.4 Å². The third kappa shape index (κ3) is 3.28. The van der Waals surface area contributed by atoms with Crippen LogP contribution in [0, 0.1) is 18.6 Å². The van der Waals surface area contributed by atoms with Crippen LogP contribution in [0.15, 0.2) is 70.9 Å². The highest BCUT2D eigenvalue weighted by Crippen LogP contribution is 2.41. The average Bonchev–Trinajstić information content (AvgIpc) is 3.32. The van der Waals surface area contributed by atoms with Crippen LogP contribution in [-0.2, 0) is 16.1 Å². The second-order valence-electron chi connectivity index (χ2n) is 6.99. The molecule has 0 radical (unpaired) electrons. The summed E-state index contributed by atoms with van der Waals surface area (Å²) in [6.07, 6.45) is 1.42. The third-order valence-corrected chi connectivity index (χ3v) is 5.09. The number of nitrogens with zero attached hydrogens (tertiary/aromatic N) is 1. The quantitative estimate of drug-likeness (QED) is 0.392. The number of likely N-dealkylation sites (tertiary alicyclic amines) is 1. The van der Waals surface area contributed by atoms with Gasteiger partial charge >= 0.3 is 0 Å². The zero-order valence-corrected chi connectivity index (χ0v) is 15.9. The first-order chi connectivity index (χ1) is 14.4. The molecule has 1 atom stereocenters. The van der Waals surface area contributed by atoms with Gasteiger partial charge in [-0.2, -0.15) is 0 Å². The maximum Gasteiger partial charge on any atom is 0.296 e. The van der Waals surface area contributed by atoms with Gasteiger partial charge in [-0.15, -0.1) is 0 Å². The molecule has 1 fully saturated rings. The molecular formula is C23H17F2NO4. The van der Waals surface area contributed by atoms with E-state index < -0.39 is 35.1 Å². The molecule has 1 aliphatic heterocycles. The second kappa shape index (κ2) is 7.59. The van der Waals surface area contributed by atoms with E-state index in [0.717, 1.165) is 11.0 Å². The number of hydrogen-bond acceptors (Lipinski definition) is 4. The summed E-state index contributed by atoms with van der Waals surface area (Å²) in [6, 6.07) is 11.7. The Balaban J connectivity index is 1.90. The highest BCUT2D eigenvalue weighted by Gasteiger charge is 2.47. The van der Waals surface area contributed by atoms with Crippen molar-refractivity contribution in [2.45, 2.75) is 19.5 Å². The Labute approximate surface area is 170 Å². The molecule has 4 rings (SSSR count). The zero-order valence-electron chi connectivity index (χ0n) is 15.9. The number of benzene rings is 2. The van der Waals surface area contributed by atoms with E-state index in [9.17, 15) is 23.5 Å². The maximum atomic E-state index is 14.7. The van der Waals surface area contributed by atoms with E-state index in [1.54, 1.807) is 25.1 Å². The molecule has 30 heavy (non-hydrogen) atoms. The summed E-state index contributed by atoms with van der Waals surface area (Å²) in [7, 11) is 0. The smallest absolute Gasteiger partial charge is 0.296 e. The van der Waals surface area contributed by atoms with Crippen molar-refractivity contribution in [3.05, 3.63) is 101 Å². The number of carbonyl (C=O) groups is 2. The van der Waals surface area contributed by atoms with Gasteiger partial charge in [-0.1, -0.05) is 30.3 Å². The molecule has 0 aliphatic carbocycles. The van der Waals surface area contributed by atoms with Crippen molar-refractivity contribution in [2.24, 2.45) is 0 Å². The van der Waals surface area contributed by atoms with Gasteiger partial charge in [-0.25, -0.2) is 8.78 Å². The predicted octanol–water partition coefficient (Wildman–Crippen LogP) is 4.49. The molecule has 5 nitrogen and oxygen atoms in total.